The van der Waals surface area contributed by atoms with Crippen LogP contribution in [0.25, 0.3) is 11.2 Å². The van der Waals surface area contributed by atoms with E-state index in [0.717, 1.165) is 48.5 Å². The van der Waals surface area contributed by atoms with E-state index in [9.17, 15) is 4.79 Å². The zero-order valence-corrected chi connectivity index (χ0v) is 15.5. The lowest BCUT2D eigenvalue weighted by atomic mass is 10.1. The number of aromatic nitrogens is 3. The second-order valence-electron chi connectivity index (χ2n) is 7.57. The quantitative estimate of drug-likeness (QED) is 0.760. The molecule has 6 heteroatoms. The molecule has 3 heterocycles. The highest BCUT2D eigenvalue weighted by Crippen LogP contribution is 2.29. The van der Waals surface area contributed by atoms with Crippen molar-refractivity contribution >= 4 is 22.9 Å². The van der Waals surface area contributed by atoms with Crippen LogP contribution in [0.1, 0.15) is 35.7 Å². The Labute approximate surface area is 158 Å². The summed E-state index contributed by atoms with van der Waals surface area (Å²) in [7, 11) is 2.00. The standard InChI is InChI=1S/C21H23N5O/c1-25-19(24-18-6-3-10-22-20(18)25)16-9-11-26(13-16)21(27)23-17-8-7-14-4-2-5-15(14)12-17/h3,6-8,10,12,16H,2,4-5,9,11,13H2,1H3,(H,23,27)/t16-/m0/s1. The van der Waals surface area contributed by atoms with Gasteiger partial charge in [0.05, 0.1) is 0 Å². The number of imidazole rings is 1. The Kier molecular flexibility index (Phi) is 3.85. The SMILES string of the molecule is Cn1c([C@H]2CCN(C(=O)Nc3ccc4c(c3)CCC4)C2)nc2cccnc21. The number of benzene rings is 1. The van der Waals surface area contributed by atoms with E-state index in [4.69, 9.17) is 4.98 Å². The van der Waals surface area contributed by atoms with Gasteiger partial charge in [-0.25, -0.2) is 14.8 Å². The first-order chi connectivity index (χ1) is 13.2. The molecular weight excluding hydrogens is 338 g/mol. The van der Waals surface area contributed by atoms with Gasteiger partial charge in [-0.1, -0.05) is 6.07 Å². The molecule has 0 saturated carbocycles. The number of fused-ring (bicyclic) bond motifs is 2. The maximum absolute atomic E-state index is 12.7. The van der Waals surface area contributed by atoms with Crippen LogP contribution in [0.4, 0.5) is 10.5 Å². The predicted molar refractivity (Wildman–Crippen MR) is 105 cm³/mol. The first kappa shape index (κ1) is 16.3. The molecule has 1 aliphatic carbocycles. The molecule has 0 bridgehead atoms. The van der Waals surface area contributed by atoms with Gasteiger partial charge in [0, 0.05) is 37.9 Å². The molecule has 1 aromatic carbocycles. The van der Waals surface area contributed by atoms with Gasteiger partial charge >= 0.3 is 6.03 Å². The Morgan fingerprint density at radius 3 is 3.00 bits per heavy atom. The summed E-state index contributed by atoms with van der Waals surface area (Å²) in [6.45, 7) is 1.44. The monoisotopic (exact) mass is 361 g/mol. The Balaban J connectivity index is 1.30. The maximum atomic E-state index is 12.7. The van der Waals surface area contributed by atoms with Gasteiger partial charge in [0.25, 0.3) is 0 Å². The van der Waals surface area contributed by atoms with Crippen molar-refractivity contribution in [1.29, 1.82) is 0 Å². The van der Waals surface area contributed by atoms with Crippen molar-refractivity contribution in [3.8, 4) is 0 Å². The summed E-state index contributed by atoms with van der Waals surface area (Å²) in [5.41, 5.74) is 5.50. The van der Waals surface area contributed by atoms with Crippen LogP contribution < -0.4 is 5.32 Å². The predicted octanol–water partition coefficient (Wildman–Crippen LogP) is 3.48. The normalized spacial score (nSPS) is 18.9. The number of amides is 2. The van der Waals surface area contributed by atoms with E-state index < -0.39 is 0 Å². The number of aryl methyl sites for hydroxylation is 3. The van der Waals surface area contributed by atoms with Crippen LogP contribution in [0.15, 0.2) is 36.5 Å². The fraction of sp³-hybridized carbons (Fsp3) is 0.381. The number of carbonyl (C=O) groups excluding carboxylic acids is 1. The van der Waals surface area contributed by atoms with Gasteiger partial charge in [-0.2, -0.15) is 0 Å². The number of nitrogens with one attached hydrogen (secondary N) is 1. The van der Waals surface area contributed by atoms with Crippen molar-refractivity contribution in [2.24, 2.45) is 7.05 Å². The molecule has 1 atom stereocenters. The zero-order chi connectivity index (χ0) is 18.4. The van der Waals surface area contributed by atoms with Crippen molar-refractivity contribution in [2.75, 3.05) is 18.4 Å². The number of likely N-dealkylation sites (tertiary alicyclic amines) is 1. The highest BCUT2D eigenvalue weighted by Gasteiger charge is 2.30. The van der Waals surface area contributed by atoms with Crippen molar-refractivity contribution in [3.63, 3.8) is 0 Å². The molecule has 138 valence electrons. The molecular formula is C21H23N5O. The summed E-state index contributed by atoms with van der Waals surface area (Å²) in [6.07, 6.45) is 6.21. The van der Waals surface area contributed by atoms with Crippen molar-refractivity contribution < 1.29 is 4.79 Å². The fourth-order valence-electron chi connectivity index (χ4n) is 4.41. The summed E-state index contributed by atoms with van der Waals surface area (Å²) in [5.74, 6) is 1.26. The zero-order valence-electron chi connectivity index (χ0n) is 15.5. The van der Waals surface area contributed by atoms with Crippen LogP contribution in [0.2, 0.25) is 0 Å². The van der Waals surface area contributed by atoms with Gasteiger partial charge in [-0.3, -0.25) is 0 Å². The number of nitrogens with zero attached hydrogens (tertiary/aromatic N) is 4. The average Bonchev–Trinajstić information content (AvgIpc) is 3.40. The third-order valence-electron chi connectivity index (χ3n) is 5.85. The maximum Gasteiger partial charge on any atom is 0.321 e. The summed E-state index contributed by atoms with van der Waals surface area (Å²) >= 11 is 0. The van der Waals surface area contributed by atoms with E-state index in [1.165, 1.54) is 17.5 Å². The molecule has 1 saturated heterocycles. The lowest BCUT2D eigenvalue weighted by molar-refractivity contribution is 0.222. The molecule has 3 aromatic rings. The molecule has 1 aliphatic heterocycles. The molecule has 0 radical (unpaired) electrons. The fourth-order valence-corrected chi connectivity index (χ4v) is 4.41. The first-order valence-electron chi connectivity index (χ1n) is 9.64. The number of pyridine rings is 1. The number of urea groups is 1. The van der Waals surface area contributed by atoms with Gasteiger partial charge in [0.1, 0.15) is 11.3 Å². The minimum atomic E-state index is -0.0210. The van der Waals surface area contributed by atoms with Crippen LogP contribution in [-0.2, 0) is 19.9 Å². The second kappa shape index (κ2) is 6.37. The van der Waals surface area contributed by atoms with Crippen LogP contribution >= 0.6 is 0 Å². The van der Waals surface area contributed by atoms with E-state index in [-0.39, 0.29) is 11.9 Å². The Morgan fingerprint density at radius 1 is 1.22 bits per heavy atom. The minimum absolute atomic E-state index is 0.0210. The second-order valence-corrected chi connectivity index (χ2v) is 7.57. The molecule has 2 aromatic heterocycles. The molecule has 2 amide bonds. The molecule has 1 fully saturated rings. The van der Waals surface area contributed by atoms with Gasteiger partial charge in [-0.05, 0) is 61.1 Å². The van der Waals surface area contributed by atoms with E-state index in [1.807, 2.05) is 30.1 Å². The third kappa shape index (κ3) is 2.85. The Morgan fingerprint density at radius 2 is 2.11 bits per heavy atom. The van der Waals surface area contributed by atoms with E-state index in [0.29, 0.717) is 6.54 Å². The van der Waals surface area contributed by atoms with E-state index in [1.54, 1.807) is 6.20 Å². The first-order valence-corrected chi connectivity index (χ1v) is 9.64. The molecule has 1 N–H and O–H groups in total. The molecule has 0 unspecified atom stereocenters. The average molecular weight is 361 g/mol. The van der Waals surface area contributed by atoms with Gasteiger partial charge in [-0.15, -0.1) is 0 Å². The number of carbonyl (C=O) groups is 1. The molecule has 6 nitrogen and oxygen atoms in total. The number of hydrogen-bond donors (Lipinski definition) is 1. The van der Waals surface area contributed by atoms with Crippen molar-refractivity contribution in [2.45, 2.75) is 31.6 Å². The van der Waals surface area contributed by atoms with Crippen LogP contribution in [-0.4, -0.2) is 38.6 Å². The number of anilines is 1. The van der Waals surface area contributed by atoms with Gasteiger partial charge in [0.15, 0.2) is 5.65 Å². The van der Waals surface area contributed by atoms with E-state index >= 15 is 0 Å². The Bertz CT molecular complexity index is 1020. The number of rotatable bonds is 2. The topological polar surface area (TPSA) is 63.1 Å². The minimum Gasteiger partial charge on any atom is -0.324 e. The smallest absolute Gasteiger partial charge is 0.321 e. The summed E-state index contributed by atoms with van der Waals surface area (Å²) in [5, 5.41) is 3.07. The van der Waals surface area contributed by atoms with Gasteiger partial charge in [0.2, 0.25) is 0 Å². The number of hydrogen-bond acceptors (Lipinski definition) is 3. The molecule has 2 aliphatic rings. The van der Waals surface area contributed by atoms with Crippen LogP contribution in [0, 0.1) is 0 Å². The largest absolute Gasteiger partial charge is 0.324 e. The summed E-state index contributed by atoms with van der Waals surface area (Å²) in [6, 6.07) is 10.2. The van der Waals surface area contributed by atoms with Crippen LogP contribution in [0.3, 0.4) is 0 Å². The molecule has 5 rings (SSSR count). The molecule has 27 heavy (non-hydrogen) atoms. The third-order valence-corrected chi connectivity index (χ3v) is 5.85. The summed E-state index contributed by atoms with van der Waals surface area (Å²) < 4.78 is 2.06. The van der Waals surface area contributed by atoms with E-state index in [2.05, 4.69) is 27.0 Å². The van der Waals surface area contributed by atoms with Crippen molar-refractivity contribution in [1.82, 2.24) is 19.4 Å². The lowest BCUT2D eigenvalue weighted by Crippen LogP contribution is -2.33. The highest BCUT2D eigenvalue weighted by atomic mass is 16.2. The van der Waals surface area contributed by atoms with Gasteiger partial charge < -0.3 is 14.8 Å². The van der Waals surface area contributed by atoms with Crippen LogP contribution in [0.5, 0.6) is 0 Å². The highest BCUT2D eigenvalue weighted by molar-refractivity contribution is 5.89. The van der Waals surface area contributed by atoms with Crippen molar-refractivity contribution in [3.05, 3.63) is 53.5 Å². The lowest BCUT2D eigenvalue weighted by Gasteiger charge is -2.18. The summed E-state index contributed by atoms with van der Waals surface area (Å²) in [4.78, 5) is 23.8. The molecule has 0 spiro atoms. The Hall–Kier alpha value is -2.89.